The number of benzene rings is 1. The number of ether oxygens (including phenoxy) is 2. The van der Waals surface area contributed by atoms with Crippen molar-refractivity contribution in [1.29, 1.82) is 0 Å². The van der Waals surface area contributed by atoms with Crippen molar-refractivity contribution in [3.8, 4) is 0 Å². The van der Waals surface area contributed by atoms with Crippen LogP contribution in [0.25, 0.3) is 10.4 Å². The molecular formula is C28H39N7O7. The fourth-order valence-electron chi connectivity index (χ4n) is 4.67. The van der Waals surface area contributed by atoms with Crippen molar-refractivity contribution in [1.82, 2.24) is 15.1 Å². The fourth-order valence-corrected chi connectivity index (χ4v) is 4.67. The van der Waals surface area contributed by atoms with E-state index in [4.69, 9.17) is 15.0 Å². The number of carbonyl (C=O) groups excluding carboxylic acids is 5. The zero-order chi connectivity index (χ0) is 30.7. The van der Waals surface area contributed by atoms with Gasteiger partial charge in [0.15, 0.2) is 0 Å². The molecular weight excluding hydrogens is 546 g/mol. The van der Waals surface area contributed by atoms with Crippen molar-refractivity contribution >= 4 is 35.4 Å². The lowest BCUT2D eigenvalue weighted by atomic mass is 10.0. The van der Waals surface area contributed by atoms with Crippen LogP contribution in [0.1, 0.15) is 75.2 Å². The fraction of sp³-hybridized carbons (Fsp3) is 0.607. The number of piperidine rings is 1. The van der Waals surface area contributed by atoms with Gasteiger partial charge in [-0.05, 0) is 70.5 Å². The average molecular weight is 586 g/mol. The molecule has 42 heavy (non-hydrogen) atoms. The van der Waals surface area contributed by atoms with Gasteiger partial charge in [0.25, 0.3) is 5.91 Å². The summed E-state index contributed by atoms with van der Waals surface area (Å²) in [6.07, 6.45) is 2.55. The van der Waals surface area contributed by atoms with Crippen LogP contribution in [0.3, 0.4) is 0 Å². The summed E-state index contributed by atoms with van der Waals surface area (Å²) in [5.41, 5.74) is 8.90. The predicted octanol–water partition coefficient (Wildman–Crippen LogP) is 3.51. The van der Waals surface area contributed by atoms with Gasteiger partial charge in [-0.1, -0.05) is 11.2 Å². The lowest BCUT2D eigenvalue weighted by Crippen LogP contribution is -2.52. The minimum absolute atomic E-state index is 0.109. The Labute approximate surface area is 244 Å². The molecule has 1 aromatic rings. The molecule has 5 amide bonds. The summed E-state index contributed by atoms with van der Waals surface area (Å²) in [6, 6.07) is 4.17. The molecule has 2 aliphatic rings. The first-order valence-corrected chi connectivity index (χ1v) is 14.1. The highest BCUT2D eigenvalue weighted by Gasteiger charge is 2.40. The van der Waals surface area contributed by atoms with Crippen LogP contribution in [0.4, 0.5) is 10.5 Å². The second-order valence-corrected chi connectivity index (χ2v) is 11.2. The van der Waals surface area contributed by atoms with Crippen LogP contribution in [-0.4, -0.2) is 84.0 Å². The van der Waals surface area contributed by atoms with Crippen molar-refractivity contribution in [2.45, 2.75) is 77.5 Å². The van der Waals surface area contributed by atoms with Gasteiger partial charge in [-0.2, -0.15) is 0 Å². The van der Waals surface area contributed by atoms with Crippen molar-refractivity contribution < 1.29 is 33.4 Å². The van der Waals surface area contributed by atoms with Crippen molar-refractivity contribution in [2.75, 3.05) is 38.2 Å². The van der Waals surface area contributed by atoms with E-state index in [2.05, 4.69) is 20.7 Å². The van der Waals surface area contributed by atoms with Gasteiger partial charge in [0.2, 0.25) is 17.7 Å². The molecule has 0 saturated carbocycles. The Morgan fingerprint density at radius 2 is 1.90 bits per heavy atom. The van der Waals surface area contributed by atoms with E-state index in [0.717, 1.165) is 12.8 Å². The number of amides is 5. The van der Waals surface area contributed by atoms with E-state index in [0.29, 0.717) is 49.4 Å². The number of carbonyl (C=O) groups is 5. The largest absolute Gasteiger partial charge is 0.444 e. The van der Waals surface area contributed by atoms with E-state index >= 15 is 0 Å². The highest BCUT2D eigenvalue weighted by Crippen LogP contribution is 2.32. The van der Waals surface area contributed by atoms with Gasteiger partial charge in [-0.3, -0.25) is 29.4 Å². The summed E-state index contributed by atoms with van der Waals surface area (Å²) >= 11 is 0. The predicted molar refractivity (Wildman–Crippen MR) is 152 cm³/mol. The number of hydrogen-bond donors (Lipinski definition) is 2. The molecule has 3 rings (SSSR count). The van der Waals surface area contributed by atoms with E-state index in [1.54, 1.807) is 39.0 Å². The molecule has 1 saturated heterocycles. The Balaban J connectivity index is 1.57. The third-order valence-corrected chi connectivity index (χ3v) is 6.67. The van der Waals surface area contributed by atoms with Gasteiger partial charge >= 0.3 is 6.09 Å². The molecule has 228 valence electrons. The SMILES string of the molecule is CC(C)(C)OC(=O)N(CCCCOCCCCN=[N+]=[N-])CC(=O)Nc1cccc2c1CN(C1CCC(=O)NC1=O)C2=O. The van der Waals surface area contributed by atoms with E-state index in [1.807, 2.05) is 0 Å². The molecule has 2 N–H and O–H groups in total. The third-order valence-electron chi connectivity index (χ3n) is 6.67. The summed E-state index contributed by atoms with van der Waals surface area (Å²) in [6.45, 7) is 6.84. The Kier molecular flexibility index (Phi) is 11.7. The van der Waals surface area contributed by atoms with Gasteiger partial charge in [0.1, 0.15) is 18.2 Å². The number of rotatable bonds is 14. The van der Waals surface area contributed by atoms with E-state index in [9.17, 15) is 24.0 Å². The van der Waals surface area contributed by atoms with Crippen LogP contribution in [0.2, 0.25) is 0 Å². The molecule has 14 nitrogen and oxygen atoms in total. The molecule has 1 aromatic carbocycles. The Morgan fingerprint density at radius 3 is 2.60 bits per heavy atom. The molecule has 0 bridgehead atoms. The first kappa shape index (κ1) is 32.4. The third kappa shape index (κ3) is 9.45. The van der Waals surface area contributed by atoms with Crippen LogP contribution < -0.4 is 10.6 Å². The van der Waals surface area contributed by atoms with Crippen LogP contribution >= 0.6 is 0 Å². The number of nitrogens with zero attached hydrogens (tertiary/aromatic N) is 5. The first-order valence-electron chi connectivity index (χ1n) is 14.1. The number of anilines is 1. The quantitative estimate of drug-likeness (QED) is 0.110. The first-order chi connectivity index (χ1) is 20.0. The second-order valence-electron chi connectivity index (χ2n) is 11.2. The highest BCUT2D eigenvalue weighted by molar-refractivity contribution is 6.07. The minimum Gasteiger partial charge on any atom is -0.444 e. The lowest BCUT2D eigenvalue weighted by molar-refractivity contribution is -0.137. The molecule has 0 aliphatic carbocycles. The smallest absolute Gasteiger partial charge is 0.410 e. The maximum atomic E-state index is 13.1. The zero-order valence-electron chi connectivity index (χ0n) is 24.4. The molecule has 2 aliphatic heterocycles. The summed E-state index contributed by atoms with van der Waals surface area (Å²) in [7, 11) is 0. The second kappa shape index (κ2) is 15.2. The molecule has 2 heterocycles. The highest BCUT2D eigenvalue weighted by atomic mass is 16.6. The minimum atomic E-state index is -0.768. The zero-order valence-corrected chi connectivity index (χ0v) is 24.4. The molecule has 14 heteroatoms. The Hall–Kier alpha value is -4.16. The molecule has 0 radical (unpaired) electrons. The van der Waals surface area contributed by atoms with Gasteiger partial charge in [-0.15, -0.1) is 0 Å². The number of nitrogens with one attached hydrogen (secondary N) is 2. The number of azide groups is 1. The molecule has 1 atom stereocenters. The molecule has 0 spiro atoms. The van der Waals surface area contributed by atoms with Gasteiger partial charge in [0, 0.05) is 61.0 Å². The monoisotopic (exact) mass is 585 g/mol. The molecule has 0 aromatic heterocycles. The van der Waals surface area contributed by atoms with E-state index in [1.165, 1.54) is 9.80 Å². The molecule has 1 unspecified atom stereocenters. The van der Waals surface area contributed by atoms with Crippen LogP contribution in [-0.2, 0) is 30.4 Å². The normalized spacial score (nSPS) is 16.4. The maximum Gasteiger partial charge on any atom is 0.410 e. The maximum absolute atomic E-state index is 13.1. The standard InChI is InChI=1S/C28H39N7O7/c1-28(2,3)42-27(40)34(14-5-7-16-41-15-6-4-13-30-33-29)18-24(37)31-21-10-8-9-19-20(21)17-35(26(19)39)22-11-12-23(36)32-25(22)38/h8-10,22H,4-7,11-18H2,1-3H3,(H,31,37)(H,32,36,38). The van der Waals surface area contributed by atoms with E-state index in [-0.39, 0.29) is 44.3 Å². The average Bonchev–Trinajstić information content (AvgIpc) is 3.25. The van der Waals surface area contributed by atoms with Crippen LogP contribution in [0.15, 0.2) is 23.3 Å². The summed E-state index contributed by atoms with van der Waals surface area (Å²) < 4.78 is 11.1. The van der Waals surface area contributed by atoms with Gasteiger partial charge < -0.3 is 19.7 Å². The number of unbranched alkanes of at least 4 members (excludes halogenated alkanes) is 2. The van der Waals surface area contributed by atoms with E-state index < -0.39 is 29.6 Å². The van der Waals surface area contributed by atoms with Gasteiger partial charge in [-0.25, -0.2) is 4.79 Å². The Morgan fingerprint density at radius 1 is 1.17 bits per heavy atom. The van der Waals surface area contributed by atoms with Crippen molar-refractivity contribution in [2.24, 2.45) is 5.11 Å². The summed E-state index contributed by atoms with van der Waals surface area (Å²) in [4.78, 5) is 68.5. The van der Waals surface area contributed by atoms with Gasteiger partial charge in [0.05, 0.1) is 0 Å². The topological polar surface area (TPSA) is 183 Å². The number of imide groups is 1. The van der Waals surface area contributed by atoms with Crippen molar-refractivity contribution in [3.63, 3.8) is 0 Å². The lowest BCUT2D eigenvalue weighted by Gasteiger charge is -2.29. The number of hydrogen-bond acceptors (Lipinski definition) is 8. The van der Waals surface area contributed by atoms with Crippen molar-refractivity contribution in [3.05, 3.63) is 39.8 Å². The van der Waals surface area contributed by atoms with Crippen LogP contribution in [0.5, 0.6) is 0 Å². The number of fused-ring (bicyclic) bond motifs is 1. The van der Waals surface area contributed by atoms with Crippen LogP contribution in [0, 0.1) is 0 Å². The molecule has 1 fully saturated rings. The summed E-state index contributed by atoms with van der Waals surface area (Å²) in [5, 5.41) is 8.57. The Bertz CT molecular complexity index is 1220. The summed E-state index contributed by atoms with van der Waals surface area (Å²) in [5.74, 6) is -1.68.